The van der Waals surface area contributed by atoms with E-state index in [4.69, 9.17) is 12.2 Å². The molecular formula is C21H28N2S2. The molecule has 0 aliphatic heterocycles. The summed E-state index contributed by atoms with van der Waals surface area (Å²) in [5.41, 5.74) is 3.62. The highest BCUT2D eigenvalue weighted by Crippen LogP contribution is 2.33. The van der Waals surface area contributed by atoms with Crippen LogP contribution in [0, 0.1) is 13.8 Å². The molecule has 1 heterocycles. The fourth-order valence-corrected chi connectivity index (χ4v) is 4.93. The van der Waals surface area contributed by atoms with Gasteiger partial charge >= 0.3 is 0 Å². The number of thiophene rings is 1. The lowest BCUT2D eigenvalue weighted by Gasteiger charge is -2.40. The van der Waals surface area contributed by atoms with Crippen molar-refractivity contribution in [2.24, 2.45) is 0 Å². The number of nitrogens with one attached hydrogen (secondary N) is 1. The van der Waals surface area contributed by atoms with Gasteiger partial charge in [0.25, 0.3) is 0 Å². The van der Waals surface area contributed by atoms with E-state index in [9.17, 15) is 0 Å². The van der Waals surface area contributed by atoms with Gasteiger partial charge in [-0.3, -0.25) is 0 Å². The maximum atomic E-state index is 5.91. The van der Waals surface area contributed by atoms with Crippen LogP contribution in [0.4, 0.5) is 5.69 Å². The monoisotopic (exact) mass is 372 g/mol. The molecule has 1 fully saturated rings. The smallest absolute Gasteiger partial charge is 0.174 e. The van der Waals surface area contributed by atoms with E-state index < -0.39 is 0 Å². The molecule has 0 amide bonds. The highest BCUT2D eigenvalue weighted by molar-refractivity contribution is 7.80. The average Bonchev–Trinajstić information content (AvgIpc) is 3.14. The van der Waals surface area contributed by atoms with Gasteiger partial charge in [0.05, 0.1) is 6.04 Å². The number of benzene rings is 1. The first-order valence-corrected chi connectivity index (χ1v) is 10.5. The van der Waals surface area contributed by atoms with Crippen molar-refractivity contribution in [2.75, 3.05) is 5.32 Å². The summed E-state index contributed by atoms with van der Waals surface area (Å²) >= 11 is 7.73. The highest BCUT2D eigenvalue weighted by Gasteiger charge is 2.29. The van der Waals surface area contributed by atoms with Crippen molar-refractivity contribution < 1.29 is 0 Å². The van der Waals surface area contributed by atoms with Gasteiger partial charge in [0.15, 0.2) is 5.11 Å². The summed E-state index contributed by atoms with van der Waals surface area (Å²) in [4.78, 5) is 3.85. The molecular weight excluding hydrogens is 344 g/mol. The molecule has 134 valence electrons. The second kappa shape index (κ2) is 8.33. The first-order chi connectivity index (χ1) is 12.1. The summed E-state index contributed by atoms with van der Waals surface area (Å²) in [5, 5.41) is 6.57. The molecule has 1 aliphatic carbocycles. The molecule has 0 bridgehead atoms. The number of rotatable bonds is 4. The van der Waals surface area contributed by atoms with Crippen LogP contribution in [-0.2, 0) is 0 Å². The van der Waals surface area contributed by atoms with Crippen LogP contribution in [0.3, 0.4) is 0 Å². The van der Waals surface area contributed by atoms with E-state index in [0.717, 1.165) is 10.8 Å². The zero-order valence-electron chi connectivity index (χ0n) is 15.4. The largest absolute Gasteiger partial charge is 0.338 e. The minimum atomic E-state index is 0.313. The molecule has 0 spiro atoms. The normalized spacial score (nSPS) is 16.4. The summed E-state index contributed by atoms with van der Waals surface area (Å²) in [6.45, 7) is 6.55. The van der Waals surface area contributed by atoms with E-state index in [1.807, 2.05) is 11.3 Å². The van der Waals surface area contributed by atoms with E-state index in [0.29, 0.717) is 12.1 Å². The van der Waals surface area contributed by atoms with Crippen molar-refractivity contribution in [2.45, 2.75) is 65.0 Å². The summed E-state index contributed by atoms with van der Waals surface area (Å²) in [6, 6.07) is 11.7. The Kier molecular flexibility index (Phi) is 6.13. The molecule has 1 N–H and O–H groups in total. The quantitative estimate of drug-likeness (QED) is 0.620. The molecule has 1 aromatic heterocycles. The van der Waals surface area contributed by atoms with Crippen LogP contribution < -0.4 is 5.32 Å². The molecule has 1 aromatic carbocycles. The maximum absolute atomic E-state index is 5.91. The Hall–Kier alpha value is -1.39. The molecule has 1 unspecified atom stereocenters. The van der Waals surface area contributed by atoms with Crippen LogP contribution >= 0.6 is 23.6 Å². The fourth-order valence-electron chi connectivity index (χ4n) is 3.73. The number of hydrogen-bond donors (Lipinski definition) is 1. The van der Waals surface area contributed by atoms with E-state index in [-0.39, 0.29) is 0 Å². The van der Waals surface area contributed by atoms with E-state index in [1.54, 1.807) is 0 Å². The molecule has 2 aromatic rings. The minimum absolute atomic E-state index is 0.313. The third kappa shape index (κ3) is 4.42. The Morgan fingerprint density at radius 3 is 2.64 bits per heavy atom. The van der Waals surface area contributed by atoms with Gasteiger partial charge in [0.2, 0.25) is 0 Å². The Bertz CT molecular complexity index is 703. The average molecular weight is 373 g/mol. The van der Waals surface area contributed by atoms with Gasteiger partial charge in [-0.05, 0) is 74.5 Å². The molecule has 2 nitrogen and oxygen atoms in total. The SMILES string of the molecule is Cc1ccc(C)c(NC(=S)N(C2CCCCC2)C(C)c2cccs2)c1. The number of thiocarbonyl (C=S) groups is 1. The standard InChI is InChI=1S/C21H28N2S2/c1-15-11-12-16(2)19(14-15)22-21(24)23(18-8-5-4-6-9-18)17(3)20-10-7-13-25-20/h7,10-14,17-18H,4-6,8-9H2,1-3H3,(H,22,24). The third-order valence-electron chi connectivity index (χ3n) is 5.21. The molecule has 25 heavy (non-hydrogen) atoms. The van der Waals surface area contributed by atoms with Crippen LogP contribution in [0.1, 0.15) is 61.1 Å². The van der Waals surface area contributed by atoms with Crippen molar-refractivity contribution in [1.29, 1.82) is 0 Å². The molecule has 1 atom stereocenters. The topological polar surface area (TPSA) is 15.3 Å². The first kappa shape index (κ1) is 18.4. The maximum Gasteiger partial charge on any atom is 0.174 e. The van der Waals surface area contributed by atoms with Crippen molar-refractivity contribution >= 4 is 34.4 Å². The van der Waals surface area contributed by atoms with Crippen molar-refractivity contribution in [3.8, 4) is 0 Å². The van der Waals surface area contributed by atoms with Crippen LogP contribution in [0.2, 0.25) is 0 Å². The molecule has 4 heteroatoms. The van der Waals surface area contributed by atoms with Gasteiger partial charge < -0.3 is 10.2 Å². The fraction of sp³-hybridized carbons (Fsp3) is 0.476. The van der Waals surface area contributed by atoms with Gasteiger partial charge in [-0.2, -0.15) is 0 Å². The molecule has 0 saturated heterocycles. The summed E-state index contributed by atoms with van der Waals surface area (Å²) in [5.74, 6) is 0. The van der Waals surface area contributed by atoms with Crippen LogP contribution in [-0.4, -0.2) is 16.1 Å². The van der Waals surface area contributed by atoms with Gasteiger partial charge in [-0.15, -0.1) is 11.3 Å². The van der Waals surface area contributed by atoms with E-state index >= 15 is 0 Å². The van der Waals surface area contributed by atoms with Crippen LogP contribution in [0.5, 0.6) is 0 Å². The van der Waals surface area contributed by atoms with E-state index in [2.05, 4.69) is 66.7 Å². The van der Waals surface area contributed by atoms with E-state index in [1.165, 1.54) is 48.1 Å². The Morgan fingerprint density at radius 2 is 1.96 bits per heavy atom. The highest BCUT2D eigenvalue weighted by atomic mass is 32.1. The number of nitrogens with zero attached hydrogens (tertiary/aromatic N) is 1. The predicted octanol–water partition coefficient (Wildman–Crippen LogP) is 6.46. The van der Waals surface area contributed by atoms with Gasteiger partial charge in [-0.25, -0.2) is 0 Å². The number of aryl methyl sites for hydroxylation is 2. The lowest BCUT2D eigenvalue weighted by Crippen LogP contribution is -2.45. The zero-order valence-corrected chi connectivity index (χ0v) is 17.1. The van der Waals surface area contributed by atoms with Crippen molar-refractivity contribution in [3.63, 3.8) is 0 Å². The van der Waals surface area contributed by atoms with Gasteiger partial charge in [-0.1, -0.05) is 37.5 Å². The Labute approximate surface area is 161 Å². The van der Waals surface area contributed by atoms with Crippen LogP contribution in [0.25, 0.3) is 0 Å². The molecule has 0 radical (unpaired) electrons. The lowest BCUT2D eigenvalue weighted by molar-refractivity contribution is 0.205. The second-order valence-electron chi connectivity index (χ2n) is 7.14. The number of anilines is 1. The van der Waals surface area contributed by atoms with Gasteiger partial charge in [0.1, 0.15) is 0 Å². The minimum Gasteiger partial charge on any atom is -0.338 e. The summed E-state index contributed by atoms with van der Waals surface area (Å²) in [6.07, 6.45) is 6.46. The van der Waals surface area contributed by atoms with Gasteiger partial charge in [0, 0.05) is 16.6 Å². The molecule has 1 aliphatic rings. The predicted molar refractivity (Wildman–Crippen MR) is 114 cm³/mol. The van der Waals surface area contributed by atoms with Crippen LogP contribution in [0.15, 0.2) is 35.7 Å². The van der Waals surface area contributed by atoms with Crippen molar-refractivity contribution in [1.82, 2.24) is 4.90 Å². The Balaban J connectivity index is 1.84. The summed E-state index contributed by atoms with van der Waals surface area (Å²) in [7, 11) is 0. The van der Waals surface area contributed by atoms with Crippen molar-refractivity contribution in [3.05, 3.63) is 51.7 Å². The second-order valence-corrected chi connectivity index (χ2v) is 8.50. The number of hydrogen-bond acceptors (Lipinski definition) is 2. The zero-order chi connectivity index (χ0) is 17.8. The lowest BCUT2D eigenvalue weighted by atomic mass is 9.93. The molecule has 3 rings (SSSR count). The molecule has 1 saturated carbocycles. The summed E-state index contributed by atoms with van der Waals surface area (Å²) < 4.78 is 0. The third-order valence-corrected chi connectivity index (χ3v) is 6.56. The first-order valence-electron chi connectivity index (χ1n) is 9.26. The Morgan fingerprint density at radius 1 is 1.20 bits per heavy atom.